The largest absolute Gasteiger partial charge is 0.359 e. The summed E-state index contributed by atoms with van der Waals surface area (Å²) in [6.45, 7) is 6.52. The van der Waals surface area contributed by atoms with E-state index in [1.54, 1.807) is 7.05 Å². The first-order valence-electron chi connectivity index (χ1n) is 8.28. The van der Waals surface area contributed by atoms with Crippen LogP contribution in [0.5, 0.6) is 0 Å². The van der Waals surface area contributed by atoms with Crippen molar-refractivity contribution in [3.05, 3.63) is 0 Å². The Morgan fingerprint density at radius 1 is 1.05 bits per heavy atom. The minimum atomic E-state index is 0.120. The summed E-state index contributed by atoms with van der Waals surface area (Å²) in [5.41, 5.74) is 0. The zero-order chi connectivity index (χ0) is 15.4. The molecular weight excluding hydrogens is 266 g/mol. The van der Waals surface area contributed by atoms with Crippen LogP contribution in [-0.4, -0.2) is 60.4 Å². The fraction of sp³-hybridized carbons (Fsp3) is 0.875. The molecule has 0 spiro atoms. The number of amides is 2. The Morgan fingerprint density at radius 2 is 1.62 bits per heavy atom. The molecule has 0 aliphatic carbocycles. The molecule has 1 N–H and O–H groups in total. The number of nitrogens with zero attached hydrogens (tertiary/aromatic N) is 2. The van der Waals surface area contributed by atoms with E-state index in [1.165, 1.54) is 6.42 Å². The smallest absolute Gasteiger partial charge is 0.237 e. The Hall–Kier alpha value is -1.10. The van der Waals surface area contributed by atoms with Crippen LogP contribution in [0, 0.1) is 5.92 Å². The van der Waals surface area contributed by atoms with Crippen LogP contribution >= 0.6 is 0 Å². The Morgan fingerprint density at radius 3 is 2.14 bits per heavy atom. The number of piperidine rings is 2. The highest BCUT2D eigenvalue weighted by atomic mass is 16.2. The van der Waals surface area contributed by atoms with E-state index < -0.39 is 0 Å². The number of rotatable bonds is 3. The van der Waals surface area contributed by atoms with Gasteiger partial charge in [-0.15, -0.1) is 0 Å². The molecule has 5 heteroatoms. The second kappa shape index (κ2) is 7.25. The summed E-state index contributed by atoms with van der Waals surface area (Å²) in [4.78, 5) is 28.5. The van der Waals surface area contributed by atoms with E-state index >= 15 is 0 Å². The summed E-state index contributed by atoms with van der Waals surface area (Å²) >= 11 is 0. The fourth-order valence-corrected chi connectivity index (χ4v) is 3.74. The molecular formula is C16H29N3O2. The number of carbonyl (C=O) groups excluding carboxylic acids is 2. The molecule has 0 radical (unpaired) electrons. The van der Waals surface area contributed by atoms with Gasteiger partial charge in [-0.05, 0) is 59.0 Å². The van der Waals surface area contributed by atoms with E-state index in [2.05, 4.69) is 29.0 Å². The third-order valence-corrected chi connectivity index (χ3v) is 5.05. The molecule has 2 unspecified atom stereocenters. The van der Waals surface area contributed by atoms with Gasteiger partial charge in [-0.25, -0.2) is 0 Å². The molecule has 2 aliphatic rings. The van der Waals surface area contributed by atoms with Crippen molar-refractivity contribution in [2.75, 3.05) is 26.7 Å². The SMILES string of the molecule is CNC(=O)C1CCN(CC(=O)N2C(C)CCCC2C)CC1. The van der Waals surface area contributed by atoms with Crippen molar-refractivity contribution in [2.45, 2.75) is 58.0 Å². The zero-order valence-corrected chi connectivity index (χ0v) is 13.6. The molecule has 2 saturated heterocycles. The number of hydrogen-bond acceptors (Lipinski definition) is 3. The van der Waals surface area contributed by atoms with Crippen molar-refractivity contribution in [3.8, 4) is 0 Å². The Labute approximate surface area is 128 Å². The summed E-state index contributed by atoms with van der Waals surface area (Å²) in [5, 5.41) is 2.72. The second-order valence-corrected chi connectivity index (χ2v) is 6.59. The molecule has 2 heterocycles. The van der Waals surface area contributed by atoms with E-state index in [0.717, 1.165) is 38.8 Å². The van der Waals surface area contributed by atoms with Gasteiger partial charge in [0, 0.05) is 25.0 Å². The number of likely N-dealkylation sites (tertiary alicyclic amines) is 2. The molecule has 0 aromatic rings. The van der Waals surface area contributed by atoms with Gasteiger partial charge in [0.25, 0.3) is 0 Å². The molecule has 0 saturated carbocycles. The average Bonchev–Trinajstić information content (AvgIpc) is 2.47. The first-order chi connectivity index (χ1) is 10.0. The lowest BCUT2D eigenvalue weighted by molar-refractivity contribution is -0.139. The highest BCUT2D eigenvalue weighted by Crippen LogP contribution is 2.23. The lowest BCUT2D eigenvalue weighted by Crippen LogP contribution is -2.52. The molecule has 5 nitrogen and oxygen atoms in total. The topological polar surface area (TPSA) is 52.7 Å². The maximum absolute atomic E-state index is 12.6. The lowest BCUT2D eigenvalue weighted by Gasteiger charge is -2.40. The number of carbonyl (C=O) groups is 2. The molecule has 0 aromatic carbocycles. The van der Waals surface area contributed by atoms with Gasteiger partial charge in [0.2, 0.25) is 11.8 Å². The van der Waals surface area contributed by atoms with Crippen molar-refractivity contribution < 1.29 is 9.59 Å². The van der Waals surface area contributed by atoms with Crippen LogP contribution in [0.1, 0.15) is 46.0 Å². The van der Waals surface area contributed by atoms with E-state index in [0.29, 0.717) is 18.6 Å². The molecule has 2 aliphatic heterocycles. The maximum atomic E-state index is 12.6. The van der Waals surface area contributed by atoms with E-state index in [-0.39, 0.29) is 17.7 Å². The quantitative estimate of drug-likeness (QED) is 0.852. The van der Waals surface area contributed by atoms with Crippen molar-refractivity contribution in [2.24, 2.45) is 5.92 Å². The number of nitrogens with one attached hydrogen (secondary N) is 1. The van der Waals surface area contributed by atoms with Gasteiger partial charge >= 0.3 is 0 Å². The van der Waals surface area contributed by atoms with Crippen molar-refractivity contribution in [1.82, 2.24) is 15.1 Å². The van der Waals surface area contributed by atoms with Crippen LogP contribution in [0.2, 0.25) is 0 Å². The summed E-state index contributed by atoms with van der Waals surface area (Å²) in [6.07, 6.45) is 5.18. The van der Waals surface area contributed by atoms with Gasteiger partial charge in [-0.1, -0.05) is 0 Å². The third kappa shape index (κ3) is 3.96. The highest BCUT2D eigenvalue weighted by Gasteiger charge is 2.31. The molecule has 120 valence electrons. The molecule has 0 bridgehead atoms. The predicted octanol–water partition coefficient (Wildman–Crippen LogP) is 1.23. The summed E-state index contributed by atoms with van der Waals surface area (Å²) in [6, 6.07) is 0.731. The van der Waals surface area contributed by atoms with Gasteiger partial charge in [0.05, 0.1) is 6.54 Å². The molecule has 2 atom stereocenters. The van der Waals surface area contributed by atoms with Crippen LogP contribution in [0.25, 0.3) is 0 Å². The molecule has 2 rings (SSSR count). The third-order valence-electron chi connectivity index (χ3n) is 5.05. The molecule has 2 fully saturated rings. The van der Waals surface area contributed by atoms with E-state index in [4.69, 9.17) is 0 Å². The zero-order valence-electron chi connectivity index (χ0n) is 13.6. The Bertz CT molecular complexity index is 368. The first-order valence-corrected chi connectivity index (χ1v) is 8.28. The van der Waals surface area contributed by atoms with Crippen LogP contribution in [-0.2, 0) is 9.59 Å². The van der Waals surface area contributed by atoms with E-state index in [1.807, 2.05) is 0 Å². The van der Waals surface area contributed by atoms with Crippen molar-refractivity contribution >= 4 is 11.8 Å². The fourth-order valence-electron chi connectivity index (χ4n) is 3.74. The molecule has 0 aromatic heterocycles. The highest BCUT2D eigenvalue weighted by molar-refractivity contribution is 5.79. The van der Waals surface area contributed by atoms with Crippen molar-refractivity contribution in [3.63, 3.8) is 0 Å². The Balaban J connectivity index is 1.82. The van der Waals surface area contributed by atoms with Gasteiger partial charge < -0.3 is 10.2 Å². The lowest BCUT2D eigenvalue weighted by atomic mass is 9.95. The monoisotopic (exact) mass is 295 g/mol. The minimum Gasteiger partial charge on any atom is -0.359 e. The predicted molar refractivity (Wildman–Crippen MR) is 82.9 cm³/mol. The van der Waals surface area contributed by atoms with Crippen LogP contribution < -0.4 is 5.32 Å². The van der Waals surface area contributed by atoms with Gasteiger partial charge in [-0.2, -0.15) is 0 Å². The first kappa shape index (κ1) is 16.3. The van der Waals surface area contributed by atoms with Crippen LogP contribution in [0.3, 0.4) is 0 Å². The standard InChI is InChI=1S/C16H29N3O2/c1-12-5-4-6-13(2)19(12)15(20)11-18-9-7-14(8-10-18)16(21)17-3/h12-14H,4-11H2,1-3H3,(H,17,21). The summed E-state index contributed by atoms with van der Waals surface area (Å²) in [5.74, 6) is 0.515. The van der Waals surface area contributed by atoms with E-state index in [9.17, 15) is 9.59 Å². The maximum Gasteiger partial charge on any atom is 0.237 e. The molecule has 21 heavy (non-hydrogen) atoms. The average molecular weight is 295 g/mol. The molecule has 2 amide bonds. The Kier molecular flexibility index (Phi) is 5.62. The van der Waals surface area contributed by atoms with Gasteiger partial charge in [-0.3, -0.25) is 14.5 Å². The number of hydrogen-bond donors (Lipinski definition) is 1. The summed E-state index contributed by atoms with van der Waals surface area (Å²) < 4.78 is 0. The summed E-state index contributed by atoms with van der Waals surface area (Å²) in [7, 11) is 1.69. The van der Waals surface area contributed by atoms with Gasteiger partial charge in [0.15, 0.2) is 0 Å². The van der Waals surface area contributed by atoms with Gasteiger partial charge in [0.1, 0.15) is 0 Å². The second-order valence-electron chi connectivity index (χ2n) is 6.59. The van der Waals surface area contributed by atoms with Crippen LogP contribution in [0.4, 0.5) is 0 Å². The van der Waals surface area contributed by atoms with Crippen LogP contribution in [0.15, 0.2) is 0 Å². The minimum absolute atomic E-state index is 0.120. The normalized spacial score (nSPS) is 28.4. The van der Waals surface area contributed by atoms with Crippen molar-refractivity contribution in [1.29, 1.82) is 0 Å².